The molecule has 0 aliphatic rings. The summed E-state index contributed by atoms with van der Waals surface area (Å²) in [5.74, 6) is -0.0646. The second kappa shape index (κ2) is 6.92. The normalized spacial score (nSPS) is 12.1. The maximum atomic E-state index is 12.4. The topological polar surface area (TPSA) is 62.5 Å². The Hall–Kier alpha value is -2.54. The van der Waals surface area contributed by atoms with Gasteiger partial charge in [0.05, 0.1) is 5.25 Å². The van der Waals surface area contributed by atoms with Gasteiger partial charge < -0.3 is 10.2 Å². The average molecular weight is 341 g/mol. The average Bonchev–Trinajstić information content (AvgIpc) is 2.98. The molecule has 24 heavy (non-hydrogen) atoms. The number of anilines is 2. The van der Waals surface area contributed by atoms with E-state index in [1.165, 1.54) is 11.8 Å². The number of hydrogen-bond acceptors (Lipinski definition) is 5. The van der Waals surface area contributed by atoms with Gasteiger partial charge in [0.2, 0.25) is 5.91 Å². The van der Waals surface area contributed by atoms with Gasteiger partial charge in [0.25, 0.3) is 0 Å². The van der Waals surface area contributed by atoms with Crippen LogP contribution in [0.1, 0.15) is 6.92 Å². The first-order valence-corrected chi connectivity index (χ1v) is 8.47. The van der Waals surface area contributed by atoms with Crippen molar-refractivity contribution in [2.75, 3.05) is 24.3 Å². The largest absolute Gasteiger partial charge is 0.378 e. The summed E-state index contributed by atoms with van der Waals surface area (Å²) in [6.07, 6.45) is 1.89. The number of nitrogens with zero attached hydrogens (tertiary/aromatic N) is 4. The first kappa shape index (κ1) is 16.3. The van der Waals surface area contributed by atoms with E-state index in [-0.39, 0.29) is 11.2 Å². The fourth-order valence-corrected chi connectivity index (χ4v) is 3.04. The van der Waals surface area contributed by atoms with Gasteiger partial charge in [-0.2, -0.15) is 0 Å². The summed E-state index contributed by atoms with van der Waals surface area (Å²) in [5.41, 5.74) is 2.64. The number of pyridine rings is 1. The van der Waals surface area contributed by atoms with E-state index in [2.05, 4.69) is 15.5 Å². The molecule has 0 spiro atoms. The smallest absolute Gasteiger partial charge is 0.237 e. The third-order valence-corrected chi connectivity index (χ3v) is 4.64. The van der Waals surface area contributed by atoms with E-state index in [9.17, 15) is 4.79 Å². The molecule has 124 valence electrons. The van der Waals surface area contributed by atoms with Crippen molar-refractivity contribution in [2.45, 2.75) is 17.3 Å². The molecule has 0 saturated carbocycles. The molecule has 0 aliphatic heterocycles. The number of hydrogen-bond donors (Lipinski definition) is 1. The molecule has 2 heterocycles. The Labute approximate surface area is 144 Å². The second-order valence-corrected chi connectivity index (χ2v) is 6.91. The summed E-state index contributed by atoms with van der Waals surface area (Å²) in [5, 5.41) is 11.6. The molecule has 0 saturated heterocycles. The van der Waals surface area contributed by atoms with Crippen molar-refractivity contribution < 1.29 is 4.79 Å². The first-order chi connectivity index (χ1) is 11.5. The van der Waals surface area contributed by atoms with Gasteiger partial charge >= 0.3 is 0 Å². The van der Waals surface area contributed by atoms with Crippen molar-refractivity contribution in [1.82, 2.24) is 14.6 Å². The number of fused-ring (bicyclic) bond motifs is 1. The zero-order valence-corrected chi connectivity index (χ0v) is 14.6. The SMILES string of the molecule is C[C@H](Sc1nnc2ccccn12)C(=O)Nc1ccc(N(C)C)cc1. The van der Waals surface area contributed by atoms with Crippen LogP contribution >= 0.6 is 11.8 Å². The van der Waals surface area contributed by atoms with Gasteiger partial charge in [-0.05, 0) is 43.3 Å². The molecule has 6 nitrogen and oxygen atoms in total. The van der Waals surface area contributed by atoms with Crippen molar-refractivity contribution in [1.29, 1.82) is 0 Å². The third-order valence-electron chi connectivity index (χ3n) is 3.59. The summed E-state index contributed by atoms with van der Waals surface area (Å²) in [6.45, 7) is 1.86. The van der Waals surface area contributed by atoms with Gasteiger partial charge in [0.15, 0.2) is 10.8 Å². The number of carbonyl (C=O) groups excluding carboxylic acids is 1. The monoisotopic (exact) mass is 341 g/mol. The molecular weight excluding hydrogens is 322 g/mol. The number of carbonyl (C=O) groups is 1. The Morgan fingerprint density at radius 3 is 2.62 bits per heavy atom. The molecule has 7 heteroatoms. The van der Waals surface area contributed by atoms with Crippen LogP contribution in [0.4, 0.5) is 11.4 Å². The van der Waals surface area contributed by atoms with Crippen molar-refractivity contribution >= 4 is 34.7 Å². The van der Waals surface area contributed by atoms with Crippen LogP contribution < -0.4 is 10.2 Å². The predicted molar refractivity (Wildman–Crippen MR) is 97.7 cm³/mol. The highest BCUT2D eigenvalue weighted by molar-refractivity contribution is 8.00. The standard InChI is InChI=1S/C17H19N5OS/c1-12(24-17-20-19-15-6-4-5-11-22(15)17)16(23)18-13-7-9-14(10-8-13)21(2)3/h4-12H,1-3H3,(H,18,23)/t12-/m0/s1. The van der Waals surface area contributed by atoms with Gasteiger partial charge in [-0.1, -0.05) is 17.8 Å². The Balaban J connectivity index is 1.66. The minimum Gasteiger partial charge on any atom is -0.378 e. The molecular formula is C17H19N5OS. The molecule has 3 rings (SSSR count). The summed E-state index contributed by atoms with van der Waals surface area (Å²) in [4.78, 5) is 14.4. The minimum atomic E-state index is -0.286. The fourth-order valence-electron chi connectivity index (χ4n) is 2.20. The molecule has 1 amide bonds. The summed E-state index contributed by atoms with van der Waals surface area (Å²) in [7, 11) is 3.96. The van der Waals surface area contributed by atoms with E-state index >= 15 is 0 Å². The minimum absolute atomic E-state index is 0.0646. The highest BCUT2D eigenvalue weighted by Crippen LogP contribution is 2.23. The van der Waals surface area contributed by atoms with Crippen LogP contribution in [0.25, 0.3) is 5.65 Å². The lowest BCUT2D eigenvalue weighted by molar-refractivity contribution is -0.115. The number of benzene rings is 1. The number of rotatable bonds is 5. The van der Waals surface area contributed by atoms with Crippen LogP contribution in [-0.2, 0) is 4.79 Å². The van der Waals surface area contributed by atoms with Crippen LogP contribution in [-0.4, -0.2) is 39.9 Å². The Kier molecular flexibility index (Phi) is 4.71. The third kappa shape index (κ3) is 3.51. The van der Waals surface area contributed by atoms with Crippen LogP contribution in [0.2, 0.25) is 0 Å². The van der Waals surface area contributed by atoms with Crippen molar-refractivity contribution in [3.63, 3.8) is 0 Å². The number of nitrogens with one attached hydrogen (secondary N) is 1. The van der Waals surface area contributed by atoms with Crippen LogP contribution in [0.3, 0.4) is 0 Å². The summed E-state index contributed by atoms with van der Waals surface area (Å²) < 4.78 is 1.88. The lowest BCUT2D eigenvalue weighted by Gasteiger charge is -2.14. The molecule has 1 aromatic carbocycles. The van der Waals surface area contributed by atoms with E-state index in [4.69, 9.17) is 0 Å². The van der Waals surface area contributed by atoms with Crippen molar-refractivity contribution in [2.24, 2.45) is 0 Å². The Morgan fingerprint density at radius 2 is 1.92 bits per heavy atom. The molecule has 3 aromatic rings. The van der Waals surface area contributed by atoms with Gasteiger partial charge in [-0.25, -0.2) is 0 Å². The molecule has 0 radical (unpaired) electrons. The number of aromatic nitrogens is 3. The quantitative estimate of drug-likeness (QED) is 0.723. The molecule has 2 aromatic heterocycles. The van der Waals surface area contributed by atoms with Crippen LogP contribution in [0, 0.1) is 0 Å². The first-order valence-electron chi connectivity index (χ1n) is 7.59. The maximum absolute atomic E-state index is 12.4. The zero-order valence-electron chi connectivity index (χ0n) is 13.8. The molecule has 0 unspecified atom stereocenters. The van der Waals surface area contributed by atoms with Crippen LogP contribution in [0.15, 0.2) is 53.8 Å². The lowest BCUT2D eigenvalue weighted by Crippen LogP contribution is -2.22. The summed E-state index contributed by atoms with van der Waals surface area (Å²) in [6, 6.07) is 13.4. The Bertz CT molecular complexity index is 844. The lowest BCUT2D eigenvalue weighted by atomic mass is 10.2. The molecule has 0 fully saturated rings. The van der Waals surface area contributed by atoms with Crippen molar-refractivity contribution in [3.8, 4) is 0 Å². The van der Waals surface area contributed by atoms with E-state index in [1.54, 1.807) is 0 Å². The van der Waals surface area contributed by atoms with E-state index in [0.717, 1.165) is 17.0 Å². The van der Waals surface area contributed by atoms with E-state index < -0.39 is 0 Å². The van der Waals surface area contributed by atoms with Crippen molar-refractivity contribution in [3.05, 3.63) is 48.7 Å². The van der Waals surface area contributed by atoms with Gasteiger partial charge in [-0.3, -0.25) is 9.20 Å². The molecule has 0 bridgehead atoms. The van der Waals surface area contributed by atoms with Gasteiger partial charge in [-0.15, -0.1) is 10.2 Å². The molecule has 1 atom stereocenters. The maximum Gasteiger partial charge on any atom is 0.237 e. The molecule has 1 N–H and O–H groups in total. The van der Waals surface area contributed by atoms with Crippen LogP contribution in [0.5, 0.6) is 0 Å². The zero-order chi connectivity index (χ0) is 17.1. The molecule has 0 aliphatic carbocycles. The van der Waals surface area contributed by atoms with E-state index in [1.807, 2.05) is 79.0 Å². The highest BCUT2D eigenvalue weighted by Gasteiger charge is 2.18. The second-order valence-electron chi connectivity index (χ2n) is 5.60. The van der Waals surface area contributed by atoms with Gasteiger partial charge in [0.1, 0.15) is 0 Å². The number of thioether (sulfide) groups is 1. The van der Waals surface area contributed by atoms with Gasteiger partial charge in [0, 0.05) is 31.7 Å². The van der Waals surface area contributed by atoms with E-state index in [0.29, 0.717) is 5.16 Å². The fraction of sp³-hybridized carbons (Fsp3) is 0.235. The highest BCUT2D eigenvalue weighted by atomic mass is 32.2. The number of amides is 1. The Morgan fingerprint density at radius 1 is 1.17 bits per heavy atom. The summed E-state index contributed by atoms with van der Waals surface area (Å²) >= 11 is 1.38. The predicted octanol–water partition coefficient (Wildman–Crippen LogP) is 2.91.